The van der Waals surface area contributed by atoms with E-state index in [2.05, 4.69) is 4.74 Å². The monoisotopic (exact) mass is 279 g/mol. The summed E-state index contributed by atoms with van der Waals surface area (Å²) in [4.78, 5) is 11.2. The fourth-order valence-corrected chi connectivity index (χ4v) is 3.48. The highest BCUT2D eigenvalue weighted by atomic mass is 32.2. The van der Waals surface area contributed by atoms with Crippen molar-refractivity contribution in [3.8, 4) is 0 Å². The molecule has 1 aliphatic rings. The first-order chi connectivity index (χ1) is 8.51. The Morgan fingerprint density at radius 3 is 2.56 bits per heavy atom. The molecular weight excluding hydrogens is 258 g/mol. The van der Waals surface area contributed by atoms with Crippen LogP contribution >= 0.6 is 0 Å². The summed E-state index contributed by atoms with van der Waals surface area (Å²) in [5, 5.41) is 0. The molecule has 8 heteroatoms. The van der Waals surface area contributed by atoms with Gasteiger partial charge in [-0.3, -0.25) is 0 Å². The van der Waals surface area contributed by atoms with E-state index in [1.807, 2.05) is 4.72 Å². The Morgan fingerprint density at radius 2 is 2.06 bits per heavy atom. The van der Waals surface area contributed by atoms with Crippen LogP contribution in [0.25, 0.3) is 0 Å². The summed E-state index contributed by atoms with van der Waals surface area (Å²) in [5.41, 5.74) is 5.43. The molecule has 0 saturated heterocycles. The van der Waals surface area contributed by atoms with Crippen LogP contribution in [-0.2, 0) is 14.9 Å². The molecule has 0 aromatic heterocycles. The topological polar surface area (TPSA) is 102 Å². The van der Waals surface area contributed by atoms with Gasteiger partial charge in [-0.2, -0.15) is 12.7 Å². The summed E-state index contributed by atoms with van der Waals surface area (Å²) in [6.07, 6.45) is 2.67. The molecule has 18 heavy (non-hydrogen) atoms. The Morgan fingerprint density at radius 1 is 1.44 bits per heavy atom. The van der Waals surface area contributed by atoms with Gasteiger partial charge < -0.3 is 10.5 Å². The van der Waals surface area contributed by atoms with Crippen LogP contribution in [0.5, 0.6) is 0 Å². The van der Waals surface area contributed by atoms with Crippen molar-refractivity contribution < 1.29 is 17.9 Å². The number of nitrogens with zero attached hydrogens (tertiary/aromatic N) is 1. The van der Waals surface area contributed by atoms with Crippen LogP contribution in [-0.4, -0.2) is 44.6 Å². The first-order valence-corrected chi connectivity index (χ1v) is 7.61. The zero-order valence-electron chi connectivity index (χ0n) is 10.6. The summed E-state index contributed by atoms with van der Waals surface area (Å²) >= 11 is 0. The molecule has 106 valence electrons. The molecule has 0 heterocycles. The zero-order chi connectivity index (χ0) is 13.6. The van der Waals surface area contributed by atoms with Crippen LogP contribution in [0.2, 0.25) is 0 Å². The number of nitrogens with two attached hydrogens (primary N) is 1. The average Bonchev–Trinajstić information content (AvgIpc) is 2.78. The molecule has 1 amide bonds. The summed E-state index contributed by atoms with van der Waals surface area (Å²) in [7, 11) is -3.86. The van der Waals surface area contributed by atoms with Crippen LogP contribution < -0.4 is 10.5 Å². The second-order valence-corrected chi connectivity index (χ2v) is 5.79. The van der Waals surface area contributed by atoms with Crippen molar-refractivity contribution >= 4 is 16.3 Å². The number of rotatable bonds is 6. The molecule has 0 spiro atoms. The van der Waals surface area contributed by atoms with Crippen LogP contribution in [0, 0.1) is 0 Å². The fourth-order valence-electron chi connectivity index (χ4n) is 2.14. The van der Waals surface area contributed by atoms with Gasteiger partial charge in [-0.1, -0.05) is 12.8 Å². The predicted octanol–water partition coefficient (Wildman–Crippen LogP) is 0.181. The Kier molecular flexibility index (Phi) is 5.83. The normalized spacial score (nSPS) is 17.1. The molecule has 1 aliphatic carbocycles. The minimum Gasteiger partial charge on any atom is -0.449 e. The first-order valence-electron chi connectivity index (χ1n) is 6.17. The van der Waals surface area contributed by atoms with E-state index in [1.165, 1.54) is 4.31 Å². The van der Waals surface area contributed by atoms with Gasteiger partial charge in [-0.15, -0.1) is 0 Å². The van der Waals surface area contributed by atoms with Gasteiger partial charge in [-0.25, -0.2) is 9.52 Å². The summed E-state index contributed by atoms with van der Waals surface area (Å²) < 4.78 is 31.9. The fraction of sp³-hybridized carbons (Fsp3) is 0.900. The molecule has 0 aromatic rings. The summed E-state index contributed by atoms with van der Waals surface area (Å²) in [5.74, 6) is 0. The van der Waals surface area contributed by atoms with Gasteiger partial charge in [0, 0.05) is 19.1 Å². The average molecular weight is 279 g/mol. The Labute approximate surface area is 108 Å². The smallest absolute Gasteiger partial charge is 0.421 e. The van der Waals surface area contributed by atoms with E-state index in [0.717, 1.165) is 25.7 Å². The first kappa shape index (κ1) is 15.2. The molecule has 3 N–H and O–H groups in total. The molecule has 1 fully saturated rings. The number of hydrogen-bond acceptors (Lipinski definition) is 5. The maximum atomic E-state index is 12.1. The van der Waals surface area contributed by atoms with Gasteiger partial charge in [0.15, 0.2) is 0 Å². The summed E-state index contributed by atoms with van der Waals surface area (Å²) in [6.45, 7) is 2.17. The molecule has 1 rings (SSSR count). The van der Waals surface area contributed by atoms with Crippen molar-refractivity contribution in [2.75, 3.05) is 19.7 Å². The lowest BCUT2D eigenvalue weighted by atomic mass is 10.2. The maximum absolute atomic E-state index is 12.1. The van der Waals surface area contributed by atoms with E-state index in [-0.39, 0.29) is 25.7 Å². The molecule has 7 nitrogen and oxygen atoms in total. The predicted molar refractivity (Wildman–Crippen MR) is 67.1 cm³/mol. The third kappa shape index (κ3) is 4.11. The van der Waals surface area contributed by atoms with Gasteiger partial charge in [0.05, 0.1) is 6.61 Å². The Bertz CT molecular complexity index is 365. The quantitative estimate of drug-likeness (QED) is 0.722. The van der Waals surface area contributed by atoms with Crippen molar-refractivity contribution in [3.63, 3.8) is 0 Å². The van der Waals surface area contributed by atoms with Crippen molar-refractivity contribution in [1.82, 2.24) is 9.03 Å². The number of nitrogens with one attached hydrogen (secondary N) is 1. The number of carbonyl (C=O) groups excluding carboxylic acids is 1. The van der Waals surface area contributed by atoms with E-state index >= 15 is 0 Å². The maximum Gasteiger partial charge on any atom is 0.421 e. The van der Waals surface area contributed by atoms with Gasteiger partial charge in [-0.05, 0) is 19.8 Å². The van der Waals surface area contributed by atoms with Crippen molar-refractivity contribution in [2.24, 2.45) is 5.73 Å². The van der Waals surface area contributed by atoms with Crippen molar-refractivity contribution in [2.45, 2.75) is 38.6 Å². The minimum atomic E-state index is -3.86. The lowest BCUT2D eigenvalue weighted by Gasteiger charge is -2.27. The van der Waals surface area contributed by atoms with E-state index in [0.29, 0.717) is 0 Å². The minimum absolute atomic E-state index is 0.0690. The van der Waals surface area contributed by atoms with E-state index in [1.54, 1.807) is 6.92 Å². The van der Waals surface area contributed by atoms with Gasteiger partial charge >= 0.3 is 16.3 Å². The Balaban J connectivity index is 2.72. The third-order valence-electron chi connectivity index (χ3n) is 2.88. The number of ether oxygens (including phenoxy) is 1. The highest BCUT2D eigenvalue weighted by Gasteiger charge is 2.32. The number of amides is 1. The molecule has 0 bridgehead atoms. The van der Waals surface area contributed by atoms with Crippen molar-refractivity contribution in [1.29, 1.82) is 0 Å². The SMILES string of the molecule is CCOC(=O)NS(=O)(=O)N(CCN)C1CCCC1. The van der Waals surface area contributed by atoms with Crippen LogP contribution in [0.3, 0.4) is 0 Å². The third-order valence-corrected chi connectivity index (χ3v) is 4.40. The highest BCUT2D eigenvalue weighted by molar-refractivity contribution is 7.87. The standard InChI is InChI=1S/C10H21N3O4S/c1-2-17-10(14)12-18(15,16)13(8-7-11)9-5-3-4-6-9/h9H,2-8,11H2,1H3,(H,12,14). The van der Waals surface area contributed by atoms with Gasteiger partial charge in [0.25, 0.3) is 0 Å². The zero-order valence-corrected chi connectivity index (χ0v) is 11.4. The number of hydrogen-bond donors (Lipinski definition) is 2. The molecule has 1 saturated carbocycles. The highest BCUT2D eigenvalue weighted by Crippen LogP contribution is 2.24. The van der Waals surface area contributed by atoms with Crippen molar-refractivity contribution in [3.05, 3.63) is 0 Å². The van der Waals surface area contributed by atoms with E-state index < -0.39 is 16.3 Å². The lowest BCUT2D eigenvalue weighted by Crippen LogP contribution is -2.49. The van der Waals surface area contributed by atoms with E-state index in [9.17, 15) is 13.2 Å². The second kappa shape index (κ2) is 6.91. The molecule has 0 radical (unpaired) electrons. The molecule has 0 aliphatic heterocycles. The molecule has 0 aromatic carbocycles. The van der Waals surface area contributed by atoms with Crippen LogP contribution in [0.1, 0.15) is 32.6 Å². The molecular formula is C10H21N3O4S. The van der Waals surface area contributed by atoms with E-state index in [4.69, 9.17) is 5.73 Å². The number of carbonyl (C=O) groups is 1. The molecule has 0 unspecified atom stereocenters. The van der Waals surface area contributed by atoms with Crippen LogP contribution in [0.4, 0.5) is 4.79 Å². The molecule has 0 atom stereocenters. The van der Waals surface area contributed by atoms with Crippen LogP contribution in [0.15, 0.2) is 0 Å². The Hall–Kier alpha value is -0.860. The summed E-state index contributed by atoms with van der Waals surface area (Å²) in [6, 6.07) is -0.0690. The second-order valence-electron chi connectivity index (χ2n) is 4.17. The lowest BCUT2D eigenvalue weighted by molar-refractivity contribution is 0.157. The van der Waals surface area contributed by atoms with Gasteiger partial charge in [0.2, 0.25) is 0 Å². The largest absolute Gasteiger partial charge is 0.449 e. The van der Waals surface area contributed by atoms with Gasteiger partial charge in [0.1, 0.15) is 0 Å².